The van der Waals surface area contributed by atoms with E-state index in [1.807, 2.05) is 4.90 Å². The summed E-state index contributed by atoms with van der Waals surface area (Å²) in [4.78, 5) is 12.7. The molecule has 4 heteroatoms. The van der Waals surface area contributed by atoms with Crippen LogP contribution in [0.1, 0.15) is 12.8 Å². The van der Waals surface area contributed by atoms with E-state index in [0.717, 1.165) is 13.0 Å². The summed E-state index contributed by atoms with van der Waals surface area (Å²) < 4.78 is 13.5. The zero-order chi connectivity index (χ0) is 11.5. The van der Waals surface area contributed by atoms with Gasteiger partial charge in [-0.3, -0.25) is 4.79 Å². The molecule has 1 saturated heterocycles. The Morgan fingerprint density at radius 2 is 2.19 bits per heavy atom. The SMILES string of the molecule is O=C(O)C1CCCN(c2ccccc2F)C1. The van der Waals surface area contributed by atoms with E-state index in [2.05, 4.69) is 0 Å². The number of hydrogen-bond donors (Lipinski definition) is 1. The van der Waals surface area contributed by atoms with E-state index in [9.17, 15) is 9.18 Å². The molecule has 1 atom stereocenters. The molecule has 0 spiro atoms. The Balaban J connectivity index is 2.16. The van der Waals surface area contributed by atoms with Gasteiger partial charge in [0.25, 0.3) is 0 Å². The third-order valence-corrected chi connectivity index (χ3v) is 2.96. The quantitative estimate of drug-likeness (QED) is 0.835. The first-order chi connectivity index (χ1) is 7.68. The van der Waals surface area contributed by atoms with Gasteiger partial charge >= 0.3 is 5.97 Å². The van der Waals surface area contributed by atoms with Crippen molar-refractivity contribution in [2.45, 2.75) is 12.8 Å². The van der Waals surface area contributed by atoms with E-state index < -0.39 is 5.97 Å². The summed E-state index contributed by atoms with van der Waals surface area (Å²) in [5.74, 6) is -1.46. The molecule has 0 aliphatic carbocycles. The Labute approximate surface area is 93.5 Å². The van der Waals surface area contributed by atoms with Crippen LogP contribution < -0.4 is 4.90 Å². The molecule has 1 aliphatic rings. The van der Waals surface area contributed by atoms with E-state index in [-0.39, 0.29) is 11.7 Å². The Kier molecular flexibility index (Phi) is 3.08. The van der Waals surface area contributed by atoms with E-state index >= 15 is 0 Å². The molecule has 0 aromatic heterocycles. The number of hydrogen-bond acceptors (Lipinski definition) is 2. The lowest BCUT2D eigenvalue weighted by Gasteiger charge is -2.32. The Morgan fingerprint density at radius 1 is 1.44 bits per heavy atom. The maximum absolute atomic E-state index is 13.5. The van der Waals surface area contributed by atoms with Gasteiger partial charge in [-0.15, -0.1) is 0 Å². The minimum Gasteiger partial charge on any atom is -0.481 e. The average Bonchev–Trinajstić information content (AvgIpc) is 2.30. The minimum atomic E-state index is -0.791. The largest absolute Gasteiger partial charge is 0.481 e. The van der Waals surface area contributed by atoms with Crippen molar-refractivity contribution in [3.63, 3.8) is 0 Å². The van der Waals surface area contributed by atoms with Gasteiger partial charge in [0, 0.05) is 13.1 Å². The van der Waals surface area contributed by atoms with Crippen LogP contribution in [0.2, 0.25) is 0 Å². The van der Waals surface area contributed by atoms with Gasteiger partial charge in [0.1, 0.15) is 5.82 Å². The number of aliphatic carboxylic acids is 1. The van der Waals surface area contributed by atoms with Gasteiger partial charge < -0.3 is 10.0 Å². The molecule has 2 rings (SSSR count). The second-order valence-electron chi connectivity index (χ2n) is 4.07. The first kappa shape index (κ1) is 10.9. The van der Waals surface area contributed by atoms with Crippen molar-refractivity contribution in [1.29, 1.82) is 0 Å². The summed E-state index contributed by atoms with van der Waals surface area (Å²) >= 11 is 0. The number of benzene rings is 1. The zero-order valence-electron chi connectivity index (χ0n) is 8.90. The third kappa shape index (κ3) is 2.15. The average molecular weight is 223 g/mol. The van der Waals surface area contributed by atoms with Gasteiger partial charge in [-0.25, -0.2) is 4.39 Å². The fourth-order valence-corrected chi connectivity index (χ4v) is 2.11. The maximum atomic E-state index is 13.5. The van der Waals surface area contributed by atoms with E-state index in [0.29, 0.717) is 18.7 Å². The van der Waals surface area contributed by atoms with Crippen molar-refractivity contribution in [3.8, 4) is 0 Å². The molecule has 1 N–H and O–H groups in total. The van der Waals surface area contributed by atoms with E-state index in [1.165, 1.54) is 6.07 Å². The molecule has 16 heavy (non-hydrogen) atoms. The summed E-state index contributed by atoms with van der Waals surface area (Å²) in [7, 11) is 0. The van der Waals surface area contributed by atoms with Crippen LogP contribution in [0.25, 0.3) is 0 Å². The number of halogens is 1. The highest BCUT2D eigenvalue weighted by atomic mass is 19.1. The molecular formula is C12H14FNO2. The molecule has 1 aromatic carbocycles. The van der Waals surface area contributed by atoms with Crippen molar-refractivity contribution in [2.24, 2.45) is 5.92 Å². The van der Waals surface area contributed by atoms with Gasteiger partial charge in [-0.05, 0) is 25.0 Å². The van der Waals surface area contributed by atoms with Crippen LogP contribution in [-0.2, 0) is 4.79 Å². The molecule has 1 aromatic rings. The lowest BCUT2D eigenvalue weighted by Crippen LogP contribution is -2.39. The summed E-state index contributed by atoms with van der Waals surface area (Å²) in [6, 6.07) is 6.50. The molecule has 0 radical (unpaired) electrons. The molecule has 86 valence electrons. The smallest absolute Gasteiger partial charge is 0.308 e. The monoisotopic (exact) mass is 223 g/mol. The fourth-order valence-electron chi connectivity index (χ4n) is 2.11. The number of carboxylic acid groups (broad SMARTS) is 1. The Bertz CT molecular complexity index is 394. The Hall–Kier alpha value is -1.58. The van der Waals surface area contributed by atoms with E-state index in [1.54, 1.807) is 18.2 Å². The van der Waals surface area contributed by atoms with Gasteiger partial charge in [0.15, 0.2) is 0 Å². The van der Waals surface area contributed by atoms with Crippen LogP contribution in [0.4, 0.5) is 10.1 Å². The molecular weight excluding hydrogens is 209 g/mol. The number of rotatable bonds is 2. The molecule has 0 bridgehead atoms. The number of piperidine rings is 1. The highest BCUT2D eigenvalue weighted by Crippen LogP contribution is 2.25. The van der Waals surface area contributed by atoms with Crippen molar-refractivity contribution in [1.82, 2.24) is 0 Å². The van der Waals surface area contributed by atoms with Crippen LogP contribution in [0.3, 0.4) is 0 Å². The Morgan fingerprint density at radius 3 is 2.88 bits per heavy atom. The number of nitrogens with zero attached hydrogens (tertiary/aromatic N) is 1. The third-order valence-electron chi connectivity index (χ3n) is 2.96. The van der Waals surface area contributed by atoms with Crippen LogP contribution in [0.15, 0.2) is 24.3 Å². The molecule has 3 nitrogen and oxygen atoms in total. The van der Waals surface area contributed by atoms with Crippen LogP contribution in [0, 0.1) is 11.7 Å². The fraction of sp³-hybridized carbons (Fsp3) is 0.417. The molecule has 1 aliphatic heterocycles. The molecule has 1 fully saturated rings. The lowest BCUT2D eigenvalue weighted by atomic mass is 9.98. The minimum absolute atomic E-state index is 0.284. The first-order valence-electron chi connectivity index (χ1n) is 5.41. The summed E-state index contributed by atoms with van der Waals surface area (Å²) in [6.45, 7) is 1.13. The summed E-state index contributed by atoms with van der Waals surface area (Å²) in [5.41, 5.74) is 0.508. The number of carboxylic acids is 1. The highest BCUT2D eigenvalue weighted by Gasteiger charge is 2.26. The second-order valence-corrected chi connectivity index (χ2v) is 4.07. The van der Waals surface area contributed by atoms with Crippen molar-refractivity contribution in [2.75, 3.05) is 18.0 Å². The van der Waals surface area contributed by atoms with Crippen LogP contribution in [-0.4, -0.2) is 24.2 Å². The topological polar surface area (TPSA) is 40.5 Å². The standard InChI is InChI=1S/C12H14FNO2/c13-10-5-1-2-6-11(10)14-7-3-4-9(8-14)12(15)16/h1-2,5-6,9H,3-4,7-8H2,(H,15,16). The maximum Gasteiger partial charge on any atom is 0.308 e. The summed E-state index contributed by atoms with van der Waals surface area (Å²) in [5, 5.41) is 8.95. The molecule has 1 heterocycles. The van der Waals surface area contributed by atoms with Gasteiger partial charge in [-0.1, -0.05) is 12.1 Å². The highest BCUT2D eigenvalue weighted by molar-refractivity contribution is 5.71. The van der Waals surface area contributed by atoms with Gasteiger partial charge in [0.05, 0.1) is 11.6 Å². The van der Waals surface area contributed by atoms with E-state index in [4.69, 9.17) is 5.11 Å². The number of para-hydroxylation sites is 1. The predicted octanol–water partition coefficient (Wildman–Crippen LogP) is 2.13. The van der Waals surface area contributed by atoms with Crippen LogP contribution >= 0.6 is 0 Å². The van der Waals surface area contributed by atoms with Crippen molar-refractivity contribution >= 4 is 11.7 Å². The van der Waals surface area contributed by atoms with Crippen molar-refractivity contribution < 1.29 is 14.3 Å². The van der Waals surface area contributed by atoms with Crippen LogP contribution in [0.5, 0.6) is 0 Å². The number of anilines is 1. The van der Waals surface area contributed by atoms with Gasteiger partial charge in [0.2, 0.25) is 0 Å². The first-order valence-corrected chi connectivity index (χ1v) is 5.41. The summed E-state index contributed by atoms with van der Waals surface area (Å²) in [6.07, 6.45) is 1.48. The normalized spacial score (nSPS) is 20.8. The molecule has 0 saturated carbocycles. The predicted molar refractivity (Wildman–Crippen MR) is 59.0 cm³/mol. The lowest BCUT2D eigenvalue weighted by molar-refractivity contribution is -0.141. The molecule has 0 amide bonds. The zero-order valence-corrected chi connectivity index (χ0v) is 8.90. The number of carbonyl (C=O) groups is 1. The second kappa shape index (κ2) is 4.51. The molecule has 1 unspecified atom stereocenters. The van der Waals surface area contributed by atoms with Crippen molar-refractivity contribution in [3.05, 3.63) is 30.1 Å². The van der Waals surface area contributed by atoms with Gasteiger partial charge in [-0.2, -0.15) is 0 Å².